The molecule has 2 rings (SSSR count). The summed E-state index contributed by atoms with van der Waals surface area (Å²) in [4.78, 5) is 0. The van der Waals surface area contributed by atoms with Crippen molar-refractivity contribution in [3.63, 3.8) is 0 Å². The Balaban J connectivity index is 2.36. The molecular weight excluding hydrogens is 246 g/mol. The van der Waals surface area contributed by atoms with E-state index < -0.39 is 0 Å². The number of fused-ring (bicyclic) bond motifs is 1. The van der Waals surface area contributed by atoms with Crippen LogP contribution in [0.3, 0.4) is 0 Å². The summed E-state index contributed by atoms with van der Waals surface area (Å²) >= 11 is 1.86. The summed E-state index contributed by atoms with van der Waals surface area (Å²) in [6.07, 6.45) is 5.31. The molecule has 1 aromatic heterocycles. The van der Waals surface area contributed by atoms with E-state index in [9.17, 15) is 0 Å². The normalized spacial score (nSPS) is 12.2. The fourth-order valence-electron chi connectivity index (χ4n) is 2.07. The number of rotatable bonds is 5. The van der Waals surface area contributed by atoms with Crippen LogP contribution in [0.25, 0.3) is 10.9 Å². The third kappa shape index (κ3) is 2.46. The molecule has 0 saturated heterocycles. The largest absolute Gasteiger partial charge is 0.409 e. The van der Waals surface area contributed by atoms with Crippen LogP contribution in [0.2, 0.25) is 0 Å². The van der Waals surface area contributed by atoms with E-state index in [1.807, 2.05) is 30.0 Å². The summed E-state index contributed by atoms with van der Waals surface area (Å²) < 4.78 is 2.21. The van der Waals surface area contributed by atoms with Crippen molar-refractivity contribution in [2.45, 2.75) is 13.0 Å². The number of oxime groups is 1. The standard InChI is InChI=1S/C13H17N3OS/c1-18-9-3-7-16-8-6-10-11(13(14)15-17)4-2-5-12(10)16/h2,4-6,8,17H,3,7,9H2,1H3,(H2,14,15). The Morgan fingerprint density at radius 1 is 1.44 bits per heavy atom. The highest BCUT2D eigenvalue weighted by atomic mass is 32.2. The van der Waals surface area contributed by atoms with Crippen molar-refractivity contribution in [1.29, 1.82) is 0 Å². The first-order valence-corrected chi connectivity index (χ1v) is 7.22. The van der Waals surface area contributed by atoms with Gasteiger partial charge < -0.3 is 15.5 Å². The van der Waals surface area contributed by atoms with Crippen LogP contribution in [-0.2, 0) is 6.54 Å². The van der Waals surface area contributed by atoms with Gasteiger partial charge in [0.25, 0.3) is 0 Å². The minimum absolute atomic E-state index is 0.155. The molecular formula is C13H17N3OS. The maximum absolute atomic E-state index is 8.78. The van der Waals surface area contributed by atoms with Crippen LogP contribution in [0.1, 0.15) is 12.0 Å². The molecule has 18 heavy (non-hydrogen) atoms. The molecule has 0 fully saturated rings. The average Bonchev–Trinajstić information content (AvgIpc) is 2.81. The zero-order valence-electron chi connectivity index (χ0n) is 10.3. The molecule has 3 N–H and O–H groups in total. The van der Waals surface area contributed by atoms with Crippen molar-refractivity contribution < 1.29 is 5.21 Å². The van der Waals surface area contributed by atoms with Crippen molar-refractivity contribution in [3.8, 4) is 0 Å². The van der Waals surface area contributed by atoms with Crippen LogP contribution in [-0.4, -0.2) is 27.6 Å². The van der Waals surface area contributed by atoms with Gasteiger partial charge in [0.05, 0.1) is 0 Å². The van der Waals surface area contributed by atoms with Crippen LogP contribution < -0.4 is 5.73 Å². The molecule has 0 atom stereocenters. The van der Waals surface area contributed by atoms with Gasteiger partial charge in [-0.15, -0.1) is 0 Å². The molecule has 0 aliphatic heterocycles. The third-order valence-electron chi connectivity index (χ3n) is 2.94. The van der Waals surface area contributed by atoms with Gasteiger partial charge >= 0.3 is 0 Å². The van der Waals surface area contributed by atoms with Crippen molar-refractivity contribution >= 4 is 28.5 Å². The van der Waals surface area contributed by atoms with Gasteiger partial charge in [-0.1, -0.05) is 17.3 Å². The number of hydrogen-bond donors (Lipinski definition) is 2. The molecule has 0 bridgehead atoms. The summed E-state index contributed by atoms with van der Waals surface area (Å²) in [5.41, 5.74) is 7.58. The van der Waals surface area contributed by atoms with E-state index in [4.69, 9.17) is 10.9 Å². The number of amidine groups is 1. The second kappa shape index (κ2) is 5.82. The summed E-state index contributed by atoms with van der Waals surface area (Å²) in [6.45, 7) is 0.990. The summed E-state index contributed by atoms with van der Waals surface area (Å²) in [6, 6.07) is 7.87. The Morgan fingerprint density at radius 3 is 3.00 bits per heavy atom. The summed E-state index contributed by atoms with van der Waals surface area (Å²) in [5, 5.41) is 12.9. The highest BCUT2D eigenvalue weighted by Gasteiger charge is 2.08. The monoisotopic (exact) mass is 263 g/mol. The lowest BCUT2D eigenvalue weighted by molar-refractivity contribution is 0.318. The molecule has 96 valence electrons. The SMILES string of the molecule is CSCCCn1ccc2c(/C(N)=N/O)cccc21. The summed E-state index contributed by atoms with van der Waals surface area (Å²) in [7, 11) is 0. The number of aryl methyl sites for hydroxylation is 1. The van der Waals surface area contributed by atoms with E-state index >= 15 is 0 Å². The molecule has 0 spiro atoms. The molecule has 5 heteroatoms. The second-order valence-electron chi connectivity index (χ2n) is 4.08. The lowest BCUT2D eigenvalue weighted by Crippen LogP contribution is -2.13. The first-order chi connectivity index (χ1) is 8.77. The minimum atomic E-state index is 0.155. The van der Waals surface area contributed by atoms with Crippen LogP contribution in [0.15, 0.2) is 35.6 Å². The predicted molar refractivity (Wildman–Crippen MR) is 77.4 cm³/mol. The van der Waals surface area contributed by atoms with E-state index in [1.165, 1.54) is 0 Å². The minimum Gasteiger partial charge on any atom is -0.409 e. The van der Waals surface area contributed by atoms with E-state index in [0.717, 1.165) is 35.2 Å². The molecule has 1 heterocycles. The Labute approximate surface area is 110 Å². The second-order valence-corrected chi connectivity index (χ2v) is 5.06. The highest BCUT2D eigenvalue weighted by molar-refractivity contribution is 7.98. The Morgan fingerprint density at radius 2 is 2.28 bits per heavy atom. The van der Waals surface area contributed by atoms with Gasteiger partial charge in [0.1, 0.15) is 0 Å². The third-order valence-corrected chi connectivity index (χ3v) is 3.64. The zero-order valence-corrected chi connectivity index (χ0v) is 11.2. The predicted octanol–water partition coefficient (Wildman–Crippen LogP) is 2.49. The number of nitrogens with zero attached hydrogens (tertiary/aromatic N) is 2. The van der Waals surface area contributed by atoms with Crippen molar-refractivity contribution in [1.82, 2.24) is 4.57 Å². The fraction of sp³-hybridized carbons (Fsp3) is 0.308. The molecule has 0 amide bonds. The molecule has 2 aromatic rings. The maximum atomic E-state index is 8.78. The van der Waals surface area contributed by atoms with Gasteiger partial charge in [-0.3, -0.25) is 0 Å². The lowest BCUT2D eigenvalue weighted by atomic mass is 10.1. The van der Waals surface area contributed by atoms with Crippen molar-refractivity contribution in [3.05, 3.63) is 36.0 Å². The van der Waals surface area contributed by atoms with Crippen LogP contribution in [0.5, 0.6) is 0 Å². The van der Waals surface area contributed by atoms with E-state index in [0.29, 0.717) is 0 Å². The number of thioether (sulfide) groups is 1. The van der Waals surface area contributed by atoms with E-state index in [1.54, 1.807) is 0 Å². The van der Waals surface area contributed by atoms with E-state index in [2.05, 4.69) is 28.2 Å². The average molecular weight is 263 g/mol. The number of hydrogen-bond acceptors (Lipinski definition) is 3. The first-order valence-electron chi connectivity index (χ1n) is 5.82. The number of benzene rings is 1. The first kappa shape index (κ1) is 12.8. The molecule has 1 aromatic carbocycles. The zero-order chi connectivity index (χ0) is 13.0. The molecule has 0 aliphatic rings. The van der Waals surface area contributed by atoms with Crippen molar-refractivity contribution in [2.75, 3.05) is 12.0 Å². The lowest BCUT2D eigenvalue weighted by Gasteiger charge is -2.06. The quantitative estimate of drug-likeness (QED) is 0.286. The van der Waals surface area contributed by atoms with Crippen molar-refractivity contribution in [2.24, 2.45) is 10.9 Å². The smallest absolute Gasteiger partial charge is 0.170 e. The molecule has 4 nitrogen and oxygen atoms in total. The fourth-order valence-corrected chi connectivity index (χ4v) is 2.49. The van der Waals surface area contributed by atoms with Gasteiger partial charge in [0.2, 0.25) is 0 Å². The topological polar surface area (TPSA) is 63.5 Å². The van der Waals surface area contributed by atoms with Gasteiger partial charge in [-0.05, 0) is 30.6 Å². The Kier molecular flexibility index (Phi) is 4.15. The van der Waals surface area contributed by atoms with Crippen LogP contribution in [0, 0.1) is 0 Å². The number of nitrogens with two attached hydrogens (primary N) is 1. The van der Waals surface area contributed by atoms with Gasteiger partial charge in [0, 0.05) is 29.2 Å². The van der Waals surface area contributed by atoms with Gasteiger partial charge in [-0.25, -0.2) is 0 Å². The number of aromatic nitrogens is 1. The Hall–Kier alpha value is -1.62. The Bertz CT molecular complexity index is 562. The summed E-state index contributed by atoms with van der Waals surface area (Å²) in [5.74, 6) is 1.31. The highest BCUT2D eigenvalue weighted by Crippen LogP contribution is 2.20. The maximum Gasteiger partial charge on any atom is 0.170 e. The molecule has 0 aliphatic carbocycles. The molecule has 0 radical (unpaired) electrons. The van der Waals surface area contributed by atoms with Gasteiger partial charge in [0.15, 0.2) is 5.84 Å². The van der Waals surface area contributed by atoms with E-state index in [-0.39, 0.29) is 5.84 Å². The van der Waals surface area contributed by atoms with Crippen LogP contribution >= 0.6 is 11.8 Å². The van der Waals surface area contributed by atoms with Crippen LogP contribution in [0.4, 0.5) is 0 Å². The molecule has 0 unspecified atom stereocenters. The molecule has 0 saturated carbocycles. The van der Waals surface area contributed by atoms with Gasteiger partial charge in [-0.2, -0.15) is 11.8 Å².